The number of halogens is 2. The fourth-order valence-electron chi connectivity index (χ4n) is 1.50. The quantitative estimate of drug-likeness (QED) is 0.598. The van der Waals surface area contributed by atoms with Crippen molar-refractivity contribution in [1.29, 1.82) is 0 Å². The molecular weight excluding hydrogens is 299 g/mol. The highest BCUT2D eigenvalue weighted by atomic mass is 35.5. The van der Waals surface area contributed by atoms with Gasteiger partial charge in [-0.15, -0.1) is 0 Å². The summed E-state index contributed by atoms with van der Waals surface area (Å²) in [6, 6.07) is 12.9. The van der Waals surface area contributed by atoms with Gasteiger partial charge in [-0.2, -0.15) is 10.2 Å². The van der Waals surface area contributed by atoms with Crippen LogP contribution in [0.1, 0.15) is 20.7 Å². The number of hydrogen-bond acceptors (Lipinski definition) is 4. The van der Waals surface area contributed by atoms with Crippen LogP contribution in [0.15, 0.2) is 58.8 Å². The van der Waals surface area contributed by atoms with E-state index >= 15 is 0 Å². The van der Waals surface area contributed by atoms with Gasteiger partial charge in [0.25, 0.3) is 10.5 Å². The van der Waals surface area contributed by atoms with Gasteiger partial charge in [-0.1, -0.05) is 12.1 Å². The Labute approximate surface area is 125 Å². The van der Waals surface area contributed by atoms with E-state index in [1.165, 1.54) is 12.1 Å². The van der Waals surface area contributed by atoms with Gasteiger partial charge < -0.3 is 0 Å². The summed E-state index contributed by atoms with van der Waals surface area (Å²) in [6.45, 7) is 0. The monoisotopic (exact) mass is 306 g/mol. The minimum absolute atomic E-state index is 0.341. The Morgan fingerprint density at radius 2 is 1.15 bits per heavy atom. The molecule has 0 bridgehead atoms. The molecule has 100 valence electrons. The maximum Gasteiger partial charge on any atom is 0.252 e. The highest BCUT2D eigenvalue weighted by Crippen LogP contribution is 2.21. The topological polar surface area (TPSA) is 58.9 Å². The van der Waals surface area contributed by atoms with E-state index in [0.29, 0.717) is 22.5 Å². The fourth-order valence-corrected chi connectivity index (χ4v) is 1.73. The summed E-state index contributed by atoms with van der Waals surface area (Å²) < 4.78 is 0. The van der Waals surface area contributed by atoms with E-state index < -0.39 is 10.5 Å². The minimum Gasteiger partial charge on any atom is -0.276 e. The van der Waals surface area contributed by atoms with Gasteiger partial charge in [-0.25, -0.2) is 0 Å². The standard InChI is InChI=1S/C14H8Cl2N2O2/c15-13(19)9-3-1-5-11(7-9)17-18-12-6-2-4-10(8-12)14(16)20/h1-8H. The molecule has 4 nitrogen and oxygen atoms in total. The van der Waals surface area contributed by atoms with Crippen molar-refractivity contribution >= 4 is 45.1 Å². The van der Waals surface area contributed by atoms with E-state index in [1.807, 2.05) is 0 Å². The molecule has 0 N–H and O–H groups in total. The van der Waals surface area contributed by atoms with Gasteiger partial charge >= 0.3 is 0 Å². The van der Waals surface area contributed by atoms with Crippen LogP contribution in [0, 0.1) is 0 Å². The molecule has 0 unspecified atom stereocenters. The molecule has 2 aromatic carbocycles. The van der Waals surface area contributed by atoms with Crippen molar-refractivity contribution in [2.45, 2.75) is 0 Å². The molecule has 2 aromatic rings. The molecule has 0 aliphatic rings. The summed E-state index contributed by atoms with van der Waals surface area (Å²) in [5.74, 6) is 0. The Balaban J connectivity index is 2.25. The average Bonchev–Trinajstić information content (AvgIpc) is 2.45. The molecule has 2 rings (SSSR count). The summed E-state index contributed by atoms with van der Waals surface area (Å²) in [7, 11) is 0. The highest BCUT2D eigenvalue weighted by molar-refractivity contribution is 6.68. The number of hydrogen-bond donors (Lipinski definition) is 0. The second-order valence-corrected chi connectivity index (χ2v) is 4.53. The average molecular weight is 307 g/mol. The fraction of sp³-hybridized carbons (Fsp3) is 0. The molecule has 0 amide bonds. The molecule has 0 fully saturated rings. The number of nitrogens with zero attached hydrogens (tertiary/aromatic N) is 2. The smallest absolute Gasteiger partial charge is 0.252 e. The van der Waals surface area contributed by atoms with Crippen molar-refractivity contribution in [2.75, 3.05) is 0 Å². The van der Waals surface area contributed by atoms with E-state index in [1.54, 1.807) is 36.4 Å². The lowest BCUT2D eigenvalue weighted by Gasteiger charge is -1.97. The van der Waals surface area contributed by atoms with Crippen LogP contribution < -0.4 is 0 Å². The maximum absolute atomic E-state index is 11.0. The Kier molecular flexibility index (Phi) is 4.61. The molecule has 0 aliphatic heterocycles. The van der Waals surface area contributed by atoms with Crippen LogP contribution in [0.2, 0.25) is 0 Å². The lowest BCUT2D eigenvalue weighted by molar-refractivity contribution is 0.107. The SMILES string of the molecule is O=C(Cl)c1cccc(N=Nc2cccc(C(=O)Cl)c2)c1. The summed E-state index contributed by atoms with van der Waals surface area (Å²) in [6.07, 6.45) is 0. The van der Waals surface area contributed by atoms with E-state index in [9.17, 15) is 9.59 Å². The third kappa shape index (κ3) is 3.73. The zero-order valence-corrected chi connectivity index (χ0v) is 11.6. The Bertz CT molecular complexity index is 640. The molecule has 0 aromatic heterocycles. The minimum atomic E-state index is -0.559. The lowest BCUT2D eigenvalue weighted by atomic mass is 10.2. The molecule has 20 heavy (non-hydrogen) atoms. The zero-order chi connectivity index (χ0) is 14.5. The molecule has 0 spiro atoms. The van der Waals surface area contributed by atoms with Crippen molar-refractivity contribution in [1.82, 2.24) is 0 Å². The maximum atomic E-state index is 11.0. The number of carbonyl (C=O) groups is 2. The van der Waals surface area contributed by atoms with Crippen LogP contribution in [0.5, 0.6) is 0 Å². The zero-order valence-electron chi connectivity index (χ0n) is 10.1. The number of benzene rings is 2. The largest absolute Gasteiger partial charge is 0.276 e. The van der Waals surface area contributed by atoms with Crippen molar-refractivity contribution in [2.24, 2.45) is 10.2 Å². The van der Waals surface area contributed by atoms with E-state index in [4.69, 9.17) is 23.2 Å². The summed E-state index contributed by atoms with van der Waals surface area (Å²) in [5.41, 5.74) is 1.65. The van der Waals surface area contributed by atoms with E-state index in [2.05, 4.69) is 10.2 Å². The van der Waals surface area contributed by atoms with Gasteiger partial charge in [-0.3, -0.25) is 9.59 Å². The van der Waals surface area contributed by atoms with Crippen molar-refractivity contribution in [3.05, 3.63) is 59.7 Å². The van der Waals surface area contributed by atoms with E-state index in [-0.39, 0.29) is 0 Å². The molecule has 0 saturated heterocycles. The first-order valence-corrected chi connectivity index (χ1v) is 6.33. The molecule has 0 atom stereocenters. The van der Waals surface area contributed by atoms with Gasteiger partial charge in [0.2, 0.25) is 0 Å². The molecule has 0 aliphatic carbocycles. The highest BCUT2D eigenvalue weighted by Gasteiger charge is 2.03. The van der Waals surface area contributed by atoms with Gasteiger partial charge in [-0.05, 0) is 59.6 Å². The normalized spacial score (nSPS) is 10.7. The first-order valence-electron chi connectivity index (χ1n) is 5.58. The lowest BCUT2D eigenvalue weighted by Crippen LogP contribution is -1.86. The van der Waals surface area contributed by atoms with Crippen molar-refractivity contribution < 1.29 is 9.59 Å². The summed E-state index contributed by atoms with van der Waals surface area (Å²) in [5, 5.41) is 6.84. The third-order valence-electron chi connectivity index (χ3n) is 2.43. The van der Waals surface area contributed by atoms with Crippen LogP contribution in [0.3, 0.4) is 0 Å². The number of rotatable bonds is 4. The van der Waals surface area contributed by atoms with Crippen LogP contribution in [0.25, 0.3) is 0 Å². The van der Waals surface area contributed by atoms with Gasteiger partial charge in [0.05, 0.1) is 11.4 Å². The van der Waals surface area contributed by atoms with Crippen LogP contribution in [-0.2, 0) is 0 Å². The predicted molar refractivity (Wildman–Crippen MR) is 77.4 cm³/mol. The first kappa shape index (κ1) is 14.4. The Hall–Kier alpha value is -2.04. The molecule has 0 heterocycles. The second-order valence-electron chi connectivity index (χ2n) is 3.85. The van der Waals surface area contributed by atoms with E-state index in [0.717, 1.165) is 0 Å². The molecule has 0 saturated carbocycles. The summed E-state index contributed by atoms with van der Waals surface area (Å²) in [4.78, 5) is 22.1. The van der Waals surface area contributed by atoms with Crippen LogP contribution in [0.4, 0.5) is 11.4 Å². The molecule has 6 heteroatoms. The molecular formula is C14H8Cl2N2O2. The second kappa shape index (κ2) is 6.41. The van der Waals surface area contributed by atoms with Gasteiger partial charge in [0, 0.05) is 11.1 Å². The van der Waals surface area contributed by atoms with Crippen LogP contribution in [-0.4, -0.2) is 10.5 Å². The predicted octanol–water partition coefficient (Wildman–Crippen LogP) is 4.86. The van der Waals surface area contributed by atoms with Gasteiger partial charge in [0.15, 0.2) is 0 Å². The molecule has 0 radical (unpaired) electrons. The first-order chi connectivity index (χ1) is 9.56. The number of azo groups is 1. The van der Waals surface area contributed by atoms with Gasteiger partial charge in [0.1, 0.15) is 0 Å². The van der Waals surface area contributed by atoms with Crippen LogP contribution >= 0.6 is 23.2 Å². The third-order valence-corrected chi connectivity index (χ3v) is 2.86. The number of carbonyl (C=O) groups excluding carboxylic acids is 2. The van der Waals surface area contributed by atoms with Crippen molar-refractivity contribution in [3.8, 4) is 0 Å². The summed E-state index contributed by atoms with van der Waals surface area (Å²) >= 11 is 10.8. The van der Waals surface area contributed by atoms with Crippen molar-refractivity contribution in [3.63, 3.8) is 0 Å². The Morgan fingerprint density at radius 1 is 0.750 bits per heavy atom. The Morgan fingerprint density at radius 3 is 1.50 bits per heavy atom.